The van der Waals surface area contributed by atoms with Gasteiger partial charge in [0.25, 0.3) is 5.89 Å². The summed E-state index contributed by atoms with van der Waals surface area (Å²) in [6.45, 7) is 0.628. The van der Waals surface area contributed by atoms with Gasteiger partial charge in [-0.15, -0.1) is 10.2 Å². The van der Waals surface area contributed by atoms with E-state index in [0.717, 1.165) is 6.42 Å². The second kappa shape index (κ2) is 9.17. The predicted molar refractivity (Wildman–Crippen MR) is 117 cm³/mol. The SMILES string of the molecule is COc1ccc(OC)c(S(=O)(=O)N2CCCC(c3nnc(-c4ccccc4OC)o3)C2)c1. The molecule has 0 saturated carbocycles. The van der Waals surface area contributed by atoms with Crippen LogP contribution in [0.2, 0.25) is 0 Å². The third kappa shape index (κ3) is 4.15. The molecule has 2 heterocycles. The van der Waals surface area contributed by atoms with Crippen LogP contribution in [0.5, 0.6) is 17.2 Å². The zero-order valence-electron chi connectivity index (χ0n) is 18.1. The third-order valence-electron chi connectivity index (χ3n) is 5.50. The summed E-state index contributed by atoms with van der Waals surface area (Å²) >= 11 is 0. The number of nitrogens with zero attached hydrogens (tertiary/aromatic N) is 3. The number of ether oxygens (including phenoxy) is 3. The molecule has 3 aromatic rings. The molecule has 4 rings (SSSR count). The van der Waals surface area contributed by atoms with E-state index >= 15 is 0 Å². The zero-order chi connectivity index (χ0) is 22.7. The van der Waals surface area contributed by atoms with Gasteiger partial charge < -0.3 is 18.6 Å². The van der Waals surface area contributed by atoms with Crippen LogP contribution < -0.4 is 14.2 Å². The molecule has 0 aliphatic carbocycles. The Labute approximate surface area is 187 Å². The number of rotatable bonds is 7. The average molecular weight is 460 g/mol. The Morgan fingerprint density at radius 2 is 1.78 bits per heavy atom. The van der Waals surface area contributed by atoms with Gasteiger partial charge in [-0.2, -0.15) is 4.31 Å². The van der Waals surface area contributed by atoms with Crippen LogP contribution in [0.3, 0.4) is 0 Å². The summed E-state index contributed by atoms with van der Waals surface area (Å²) in [6, 6.07) is 12.1. The van der Waals surface area contributed by atoms with Crippen molar-refractivity contribution in [3.63, 3.8) is 0 Å². The van der Waals surface area contributed by atoms with Crippen molar-refractivity contribution in [1.82, 2.24) is 14.5 Å². The second-order valence-electron chi connectivity index (χ2n) is 7.36. The average Bonchev–Trinajstić information content (AvgIpc) is 3.34. The third-order valence-corrected chi connectivity index (χ3v) is 7.39. The van der Waals surface area contributed by atoms with Gasteiger partial charge in [-0.3, -0.25) is 0 Å². The number of hydrogen-bond acceptors (Lipinski definition) is 8. The number of aromatic nitrogens is 2. The maximum Gasteiger partial charge on any atom is 0.251 e. The van der Waals surface area contributed by atoms with Gasteiger partial charge in [-0.1, -0.05) is 12.1 Å². The number of methoxy groups -OCH3 is 3. The molecular weight excluding hydrogens is 434 g/mol. The highest BCUT2D eigenvalue weighted by atomic mass is 32.2. The molecule has 0 amide bonds. The monoisotopic (exact) mass is 459 g/mol. The molecular formula is C22H25N3O6S. The maximum atomic E-state index is 13.4. The summed E-state index contributed by atoms with van der Waals surface area (Å²) in [5.41, 5.74) is 0.690. The molecule has 170 valence electrons. The number of hydrogen-bond donors (Lipinski definition) is 0. The predicted octanol–water partition coefficient (Wildman–Crippen LogP) is 3.33. The molecule has 32 heavy (non-hydrogen) atoms. The lowest BCUT2D eigenvalue weighted by atomic mass is 10.00. The Morgan fingerprint density at radius 1 is 1.00 bits per heavy atom. The summed E-state index contributed by atoms with van der Waals surface area (Å²) in [6.07, 6.45) is 1.41. The molecule has 2 aromatic carbocycles. The number of para-hydroxylation sites is 1. The van der Waals surface area contributed by atoms with Crippen molar-refractivity contribution >= 4 is 10.0 Å². The standard InChI is InChI=1S/C22H25N3O6S/c1-28-16-10-11-19(30-3)20(13-16)32(26,27)25-12-6-7-15(14-25)21-23-24-22(31-21)17-8-4-5-9-18(17)29-2/h4-5,8-11,13,15H,6-7,12,14H2,1-3H3. The molecule has 1 atom stereocenters. The van der Waals surface area contributed by atoms with Crippen molar-refractivity contribution < 1.29 is 27.0 Å². The van der Waals surface area contributed by atoms with Gasteiger partial charge in [0.15, 0.2) is 0 Å². The molecule has 0 N–H and O–H groups in total. The summed E-state index contributed by atoms with van der Waals surface area (Å²) < 4.78 is 50.1. The van der Waals surface area contributed by atoms with E-state index in [2.05, 4.69) is 10.2 Å². The van der Waals surface area contributed by atoms with Crippen LogP contribution in [0.1, 0.15) is 24.7 Å². The Bertz CT molecular complexity index is 1190. The van der Waals surface area contributed by atoms with Gasteiger partial charge in [0.1, 0.15) is 22.1 Å². The molecule has 9 nitrogen and oxygen atoms in total. The highest BCUT2D eigenvalue weighted by Gasteiger charge is 2.35. The number of benzene rings is 2. The molecule has 1 fully saturated rings. The number of piperidine rings is 1. The maximum absolute atomic E-state index is 13.4. The van der Waals surface area contributed by atoms with Crippen LogP contribution in [-0.4, -0.2) is 57.3 Å². The van der Waals surface area contributed by atoms with Crippen LogP contribution in [0.4, 0.5) is 0 Å². The molecule has 1 saturated heterocycles. The first kappa shape index (κ1) is 22.1. The second-order valence-corrected chi connectivity index (χ2v) is 9.27. The first-order chi connectivity index (χ1) is 15.5. The van der Waals surface area contributed by atoms with E-state index in [-0.39, 0.29) is 23.1 Å². The lowest BCUT2D eigenvalue weighted by Gasteiger charge is -2.30. The minimum absolute atomic E-state index is 0.0697. The Kier molecular flexibility index (Phi) is 6.33. The van der Waals surface area contributed by atoms with Crippen molar-refractivity contribution in [2.75, 3.05) is 34.4 Å². The van der Waals surface area contributed by atoms with Crippen molar-refractivity contribution in [2.45, 2.75) is 23.7 Å². The van der Waals surface area contributed by atoms with Crippen LogP contribution >= 0.6 is 0 Å². The lowest BCUT2D eigenvalue weighted by Crippen LogP contribution is -2.39. The fourth-order valence-electron chi connectivity index (χ4n) is 3.82. The molecule has 1 aliphatic rings. The van der Waals surface area contributed by atoms with E-state index in [0.29, 0.717) is 41.8 Å². The van der Waals surface area contributed by atoms with Crippen LogP contribution in [0.25, 0.3) is 11.5 Å². The van der Waals surface area contributed by atoms with Gasteiger partial charge in [0, 0.05) is 19.2 Å². The summed E-state index contributed by atoms with van der Waals surface area (Å²) in [5, 5.41) is 8.37. The molecule has 1 aliphatic heterocycles. The van der Waals surface area contributed by atoms with Crippen molar-refractivity contribution in [1.29, 1.82) is 0 Å². The van der Waals surface area contributed by atoms with E-state index in [9.17, 15) is 8.42 Å². The molecule has 0 bridgehead atoms. The van der Waals surface area contributed by atoms with Crippen molar-refractivity contribution in [3.8, 4) is 28.7 Å². The van der Waals surface area contributed by atoms with E-state index in [1.54, 1.807) is 19.2 Å². The lowest BCUT2D eigenvalue weighted by molar-refractivity contribution is 0.284. The first-order valence-electron chi connectivity index (χ1n) is 10.2. The van der Waals surface area contributed by atoms with Crippen LogP contribution in [0, 0.1) is 0 Å². The van der Waals surface area contributed by atoms with Gasteiger partial charge in [-0.05, 0) is 37.1 Å². The van der Waals surface area contributed by atoms with E-state index in [4.69, 9.17) is 18.6 Å². The largest absolute Gasteiger partial charge is 0.497 e. The van der Waals surface area contributed by atoms with Gasteiger partial charge in [-0.25, -0.2) is 8.42 Å². The number of sulfonamides is 1. The normalized spacial score (nSPS) is 17.2. The smallest absolute Gasteiger partial charge is 0.251 e. The molecule has 0 radical (unpaired) electrons. The Balaban J connectivity index is 1.60. The van der Waals surface area contributed by atoms with Crippen LogP contribution in [0.15, 0.2) is 51.8 Å². The molecule has 0 spiro atoms. The minimum atomic E-state index is -3.82. The Morgan fingerprint density at radius 3 is 2.53 bits per heavy atom. The van der Waals surface area contributed by atoms with Crippen molar-refractivity contribution in [3.05, 3.63) is 48.4 Å². The molecule has 1 unspecified atom stereocenters. The summed E-state index contributed by atoms with van der Waals surface area (Å²) in [7, 11) is 0.693. The highest BCUT2D eigenvalue weighted by Crippen LogP contribution is 2.36. The zero-order valence-corrected chi connectivity index (χ0v) is 19.0. The Hall–Kier alpha value is -3.11. The van der Waals surface area contributed by atoms with Gasteiger partial charge in [0.05, 0.1) is 32.8 Å². The van der Waals surface area contributed by atoms with Crippen molar-refractivity contribution in [2.24, 2.45) is 0 Å². The quantitative estimate of drug-likeness (QED) is 0.530. The fraction of sp³-hybridized carbons (Fsp3) is 0.364. The van der Waals surface area contributed by atoms with Gasteiger partial charge in [0.2, 0.25) is 15.9 Å². The van der Waals surface area contributed by atoms with E-state index in [1.165, 1.54) is 24.6 Å². The minimum Gasteiger partial charge on any atom is -0.497 e. The summed E-state index contributed by atoms with van der Waals surface area (Å²) in [5.74, 6) is 1.86. The van der Waals surface area contributed by atoms with E-state index < -0.39 is 10.0 Å². The first-order valence-corrected chi connectivity index (χ1v) is 11.6. The topological polar surface area (TPSA) is 104 Å². The fourth-order valence-corrected chi connectivity index (χ4v) is 5.51. The van der Waals surface area contributed by atoms with E-state index in [1.807, 2.05) is 24.3 Å². The van der Waals surface area contributed by atoms with Gasteiger partial charge >= 0.3 is 0 Å². The highest BCUT2D eigenvalue weighted by molar-refractivity contribution is 7.89. The van der Waals surface area contributed by atoms with Crippen LogP contribution in [-0.2, 0) is 10.0 Å². The molecule has 10 heteroatoms. The summed E-state index contributed by atoms with van der Waals surface area (Å²) in [4.78, 5) is 0.0697. The molecule has 1 aromatic heterocycles.